The first-order valence-corrected chi connectivity index (χ1v) is 8.37. The number of hydrogen-bond acceptors (Lipinski definition) is 3. The van der Waals surface area contributed by atoms with E-state index in [9.17, 15) is 9.59 Å². The molecule has 0 aliphatic heterocycles. The molecule has 0 bridgehead atoms. The summed E-state index contributed by atoms with van der Waals surface area (Å²) in [5.41, 5.74) is 5.95. The van der Waals surface area contributed by atoms with Crippen LogP contribution in [0.5, 0.6) is 0 Å². The van der Waals surface area contributed by atoms with Gasteiger partial charge in [0.2, 0.25) is 0 Å². The van der Waals surface area contributed by atoms with Gasteiger partial charge in [-0.2, -0.15) is 0 Å². The fourth-order valence-corrected chi connectivity index (χ4v) is 3.57. The standard InChI is InChI=1S/C21H22O3/c1-13-11-17-12-14(2)20(22)19(17)15(3)18(13)9-10-24-21(23)16-7-5-4-6-8-16/h4-8,11,14H,9-10,12H2,1-3H3/t14-/m0/s1. The quantitative estimate of drug-likeness (QED) is 0.797. The fourth-order valence-electron chi connectivity index (χ4n) is 3.57. The molecule has 1 aliphatic carbocycles. The number of hydrogen-bond donors (Lipinski definition) is 0. The summed E-state index contributed by atoms with van der Waals surface area (Å²) in [6.07, 6.45) is 1.46. The Bertz CT molecular complexity index is 790. The smallest absolute Gasteiger partial charge is 0.338 e. The number of carbonyl (C=O) groups excluding carboxylic acids is 2. The van der Waals surface area contributed by atoms with E-state index in [2.05, 4.69) is 13.0 Å². The third kappa shape index (κ3) is 2.99. The maximum atomic E-state index is 12.4. The first-order valence-electron chi connectivity index (χ1n) is 8.37. The van der Waals surface area contributed by atoms with Crippen molar-refractivity contribution in [2.75, 3.05) is 6.61 Å². The Morgan fingerprint density at radius 2 is 1.92 bits per heavy atom. The van der Waals surface area contributed by atoms with E-state index in [1.807, 2.05) is 32.0 Å². The molecule has 0 radical (unpaired) electrons. The lowest BCUT2D eigenvalue weighted by Crippen LogP contribution is -2.11. The second-order valence-corrected chi connectivity index (χ2v) is 6.55. The number of fused-ring (bicyclic) bond motifs is 1. The van der Waals surface area contributed by atoms with Crippen LogP contribution in [0, 0.1) is 19.8 Å². The van der Waals surface area contributed by atoms with Crippen LogP contribution in [0.4, 0.5) is 0 Å². The van der Waals surface area contributed by atoms with Gasteiger partial charge in [0.1, 0.15) is 0 Å². The zero-order chi connectivity index (χ0) is 17.3. The van der Waals surface area contributed by atoms with Crippen molar-refractivity contribution in [1.82, 2.24) is 0 Å². The van der Waals surface area contributed by atoms with Crippen molar-refractivity contribution in [3.05, 3.63) is 69.8 Å². The molecule has 124 valence electrons. The predicted octanol–water partition coefficient (Wildman–Crippen LogP) is 4.08. The van der Waals surface area contributed by atoms with Crippen molar-refractivity contribution < 1.29 is 14.3 Å². The van der Waals surface area contributed by atoms with Crippen LogP contribution >= 0.6 is 0 Å². The summed E-state index contributed by atoms with van der Waals surface area (Å²) in [5.74, 6) is 0.00561. The van der Waals surface area contributed by atoms with E-state index >= 15 is 0 Å². The number of rotatable bonds is 4. The van der Waals surface area contributed by atoms with E-state index < -0.39 is 0 Å². The van der Waals surface area contributed by atoms with Gasteiger partial charge in [0.15, 0.2) is 5.78 Å². The number of carbonyl (C=O) groups is 2. The van der Waals surface area contributed by atoms with Gasteiger partial charge >= 0.3 is 5.97 Å². The molecular weight excluding hydrogens is 300 g/mol. The molecule has 2 aromatic carbocycles. The molecule has 0 fully saturated rings. The minimum absolute atomic E-state index is 0.0734. The van der Waals surface area contributed by atoms with Gasteiger partial charge in [-0.25, -0.2) is 4.79 Å². The Morgan fingerprint density at radius 1 is 1.21 bits per heavy atom. The van der Waals surface area contributed by atoms with Crippen LogP contribution in [0.1, 0.15) is 49.9 Å². The van der Waals surface area contributed by atoms with Gasteiger partial charge in [-0.05, 0) is 54.7 Å². The number of benzene rings is 2. The average molecular weight is 322 g/mol. The minimum atomic E-state index is -0.309. The van der Waals surface area contributed by atoms with Gasteiger partial charge < -0.3 is 4.74 Å². The topological polar surface area (TPSA) is 43.4 Å². The second kappa shape index (κ2) is 6.60. The molecule has 24 heavy (non-hydrogen) atoms. The number of ether oxygens (including phenoxy) is 1. The van der Waals surface area contributed by atoms with Gasteiger partial charge in [-0.1, -0.05) is 31.2 Å². The van der Waals surface area contributed by atoms with E-state index in [4.69, 9.17) is 4.74 Å². The second-order valence-electron chi connectivity index (χ2n) is 6.55. The summed E-state index contributed by atoms with van der Waals surface area (Å²) in [5, 5.41) is 0. The van der Waals surface area contributed by atoms with Crippen LogP contribution in [0.25, 0.3) is 0 Å². The lowest BCUT2D eigenvalue weighted by atomic mass is 9.92. The largest absolute Gasteiger partial charge is 0.462 e. The highest BCUT2D eigenvalue weighted by Crippen LogP contribution is 2.33. The van der Waals surface area contributed by atoms with Gasteiger partial charge in [0, 0.05) is 17.9 Å². The fraction of sp³-hybridized carbons (Fsp3) is 0.333. The Balaban J connectivity index is 1.73. The van der Waals surface area contributed by atoms with E-state index in [0.717, 1.165) is 28.7 Å². The molecule has 3 heteroatoms. The molecule has 3 nitrogen and oxygen atoms in total. The SMILES string of the molecule is Cc1cc2c(c(C)c1CCOC(=O)c1ccccc1)C(=O)[C@@H](C)C2. The van der Waals surface area contributed by atoms with Crippen LogP contribution in [-0.4, -0.2) is 18.4 Å². The van der Waals surface area contributed by atoms with Crippen molar-refractivity contribution in [1.29, 1.82) is 0 Å². The van der Waals surface area contributed by atoms with Crippen LogP contribution in [0.3, 0.4) is 0 Å². The highest BCUT2D eigenvalue weighted by Gasteiger charge is 2.30. The van der Waals surface area contributed by atoms with E-state index in [1.165, 1.54) is 5.56 Å². The summed E-state index contributed by atoms with van der Waals surface area (Å²) in [4.78, 5) is 24.4. The molecule has 0 unspecified atom stereocenters. The van der Waals surface area contributed by atoms with Crippen LogP contribution in [-0.2, 0) is 17.6 Å². The van der Waals surface area contributed by atoms with Gasteiger partial charge in [0.05, 0.1) is 12.2 Å². The lowest BCUT2D eigenvalue weighted by molar-refractivity contribution is 0.0508. The molecule has 0 aromatic heterocycles. The number of Topliss-reactive ketones (excluding diaryl/α,β-unsaturated/α-hetero) is 1. The van der Waals surface area contributed by atoms with Crippen LogP contribution < -0.4 is 0 Å². The normalized spacial score (nSPS) is 16.1. The highest BCUT2D eigenvalue weighted by atomic mass is 16.5. The van der Waals surface area contributed by atoms with E-state index in [-0.39, 0.29) is 17.7 Å². The van der Waals surface area contributed by atoms with Gasteiger partial charge in [-0.15, -0.1) is 0 Å². The van der Waals surface area contributed by atoms with Crippen LogP contribution in [0.2, 0.25) is 0 Å². The average Bonchev–Trinajstić information content (AvgIpc) is 2.85. The number of aryl methyl sites for hydroxylation is 1. The Labute approximate surface area is 142 Å². The molecule has 0 heterocycles. The Morgan fingerprint density at radius 3 is 2.62 bits per heavy atom. The maximum absolute atomic E-state index is 12.4. The molecule has 0 N–H and O–H groups in total. The minimum Gasteiger partial charge on any atom is -0.462 e. The first-order chi connectivity index (χ1) is 11.5. The zero-order valence-corrected chi connectivity index (χ0v) is 14.4. The monoisotopic (exact) mass is 322 g/mol. The van der Waals surface area contributed by atoms with Crippen molar-refractivity contribution in [3.8, 4) is 0 Å². The number of esters is 1. The summed E-state index contributed by atoms with van der Waals surface area (Å²) in [6, 6.07) is 11.1. The van der Waals surface area contributed by atoms with Gasteiger partial charge in [0.25, 0.3) is 0 Å². The van der Waals surface area contributed by atoms with E-state index in [1.54, 1.807) is 12.1 Å². The molecule has 0 spiro atoms. The predicted molar refractivity (Wildman–Crippen MR) is 93.5 cm³/mol. The van der Waals surface area contributed by atoms with Crippen molar-refractivity contribution in [2.24, 2.45) is 5.92 Å². The lowest BCUT2D eigenvalue weighted by Gasteiger charge is -2.14. The highest BCUT2D eigenvalue weighted by molar-refractivity contribution is 6.03. The molecule has 2 aromatic rings. The molecule has 0 amide bonds. The zero-order valence-electron chi connectivity index (χ0n) is 14.4. The third-order valence-corrected chi connectivity index (χ3v) is 4.83. The molecule has 3 rings (SSSR count). The summed E-state index contributed by atoms with van der Waals surface area (Å²) < 4.78 is 5.39. The Kier molecular flexibility index (Phi) is 4.52. The van der Waals surface area contributed by atoms with Crippen molar-refractivity contribution in [2.45, 2.75) is 33.6 Å². The maximum Gasteiger partial charge on any atom is 0.338 e. The molecule has 1 atom stereocenters. The first kappa shape index (κ1) is 16.4. The van der Waals surface area contributed by atoms with E-state index in [0.29, 0.717) is 18.6 Å². The van der Waals surface area contributed by atoms with Crippen molar-refractivity contribution in [3.63, 3.8) is 0 Å². The Hall–Kier alpha value is -2.42. The van der Waals surface area contributed by atoms with Crippen LogP contribution in [0.15, 0.2) is 36.4 Å². The summed E-state index contributed by atoms with van der Waals surface area (Å²) in [7, 11) is 0. The molecule has 1 aliphatic rings. The summed E-state index contributed by atoms with van der Waals surface area (Å²) in [6.45, 7) is 6.38. The van der Waals surface area contributed by atoms with Crippen molar-refractivity contribution >= 4 is 11.8 Å². The molecule has 0 saturated heterocycles. The van der Waals surface area contributed by atoms with Gasteiger partial charge in [-0.3, -0.25) is 4.79 Å². The third-order valence-electron chi connectivity index (χ3n) is 4.83. The number of ketones is 1. The molecule has 0 saturated carbocycles. The summed E-state index contributed by atoms with van der Waals surface area (Å²) >= 11 is 0. The molecular formula is C21H22O3.